The molecule has 5 nitrogen and oxygen atoms in total. The van der Waals surface area contributed by atoms with Crippen LogP contribution in [0.5, 0.6) is 5.75 Å². The molecule has 1 amide bonds. The molecule has 1 aliphatic rings. The van der Waals surface area contributed by atoms with Crippen molar-refractivity contribution in [3.8, 4) is 17.6 Å². The van der Waals surface area contributed by atoms with Gasteiger partial charge in [-0.05, 0) is 85.7 Å². The van der Waals surface area contributed by atoms with Crippen molar-refractivity contribution in [2.45, 2.75) is 52.2 Å². The third-order valence-electron chi connectivity index (χ3n) is 5.87. The highest BCUT2D eigenvalue weighted by molar-refractivity contribution is 7.11. The van der Waals surface area contributed by atoms with Gasteiger partial charge in [0.25, 0.3) is 0 Å². The number of thiophene rings is 1. The Morgan fingerprint density at radius 2 is 2.03 bits per heavy atom. The van der Waals surface area contributed by atoms with Gasteiger partial charge in [0.2, 0.25) is 0 Å². The molecule has 0 aliphatic heterocycles. The zero-order chi connectivity index (χ0) is 25.7. The van der Waals surface area contributed by atoms with Gasteiger partial charge in [-0.25, -0.2) is 4.79 Å². The molecule has 36 heavy (non-hydrogen) atoms. The minimum Gasteiger partial charge on any atom is -0.497 e. The monoisotopic (exact) mass is 500 g/mol. The summed E-state index contributed by atoms with van der Waals surface area (Å²) < 4.78 is 10.7. The molecular weight excluding hydrogens is 468 g/mol. The second kappa shape index (κ2) is 11.0. The van der Waals surface area contributed by atoms with Crippen LogP contribution in [0.2, 0.25) is 0 Å². The van der Waals surface area contributed by atoms with Crippen molar-refractivity contribution in [1.82, 2.24) is 10.3 Å². The lowest BCUT2D eigenvalue weighted by molar-refractivity contribution is 0.0516. The number of fused-ring (bicyclic) bond motifs is 1. The Kier molecular flexibility index (Phi) is 7.81. The van der Waals surface area contributed by atoms with E-state index in [-0.39, 0.29) is 0 Å². The van der Waals surface area contributed by atoms with E-state index in [1.165, 1.54) is 21.6 Å². The molecular formula is C30H32N2O3S. The van der Waals surface area contributed by atoms with Crippen LogP contribution in [0, 0.1) is 17.8 Å². The van der Waals surface area contributed by atoms with Gasteiger partial charge in [0.05, 0.1) is 13.2 Å². The average Bonchev–Trinajstić information content (AvgIpc) is 3.30. The summed E-state index contributed by atoms with van der Waals surface area (Å²) in [4.78, 5) is 18.0. The van der Waals surface area contributed by atoms with Gasteiger partial charge >= 0.3 is 6.09 Å². The van der Waals surface area contributed by atoms with Crippen LogP contribution in [-0.2, 0) is 17.6 Å². The number of hydrogen-bond acceptors (Lipinski definition) is 5. The van der Waals surface area contributed by atoms with Gasteiger partial charge in [0.15, 0.2) is 0 Å². The lowest BCUT2D eigenvalue weighted by Crippen LogP contribution is -2.39. The van der Waals surface area contributed by atoms with E-state index in [9.17, 15) is 4.79 Å². The fraction of sp³-hybridized carbons (Fsp3) is 0.333. The maximum Gasteiger partial charge on any atom is 0.408 e. The number of amides is 1. The number of ether oxygens (including phenoxy) is 2. The fourth-order valence-corrected chi connectivity index (χ4v) is 5.09. The molecule has 2 aromatic heterocycles. The van der Waals surface area contributed by atoms with E-state index in [1.807, 2.05) is 57.4 Å². The van der Waals surface area contributed by atoms with Gasteiger partial charge in [0.1, 0.15) is 11.4 Å². The molecule has 0 saturated heterocycles. The highest BCUT2D eigenvalue weighted by Gasteiger charge is 2.21. The van der Waals surface area contributed by atoms with E-state index in [0.29, 0.717) is 12.3 Å². The molecule has 1 unspecified atom stereocenters. The van der Waals surface area contributed by atoms with Gasteiger partial charge in [-0.15, -0.1) is 11.3 Å². The molecule has 0 fully saturated rings. The summed E-state index contributed by atoms with van der Waals surface area (Å²) in [7, 11) is 1.64. The summed E-state index contributed by atoms with van der Waals surface area (Å²) in [5, 5.41) is 5.01. The van der Waals surface area contributed by atoms with Crippen molar-refractivity contribution in [1.29, 1.82) is 0 Å². The van der Waals surface area contributed by atoms with E-state index in [1.54, 1.807) is 18.4 Å². The van der Waals surface area contributed by atoms with Crippen LogP contribution in [0.25, 0.3) is 11.6 Å². The molecule has 0 saturated carbocycles. The Balaban J connectivity index is 1.54. The predicted octanol–water partition coefficient (Wildman–Crippen LogP) is 6.37. The third kappa shape index (κ3) is 6.77. The summed E-state index contributed by atoms with van der Waals surface area (Å²) in [5.41, 5.74) is 5.26. The molecule has 0 radical (unpaired) electrons. The van der Waals surface area contributed by atoms with Gasteiger partial charge < -0.3 is 14.8 Å². The van der Waals surface area contributed by atoms with Crippen molar-refractivity contribution in [3.05, 3.63) is 81.3 Å². The van der Waals surface area contributed by atoms with Gasteiger partial charge in [-0.3, -0.25) is 4.98 Å². The molecule has 1 aromatic carbocycles. The predicted molar refractivity (Wildman–Crippen MR) is 146 cm³/mol. The smallest absolute Gasteiger partial charge is 0.408 e. The molecule has 6 heteroatoms. The first-order valence-corrected chi connectivity index (χ1v) is 13.0. The van der Waals surface area contributed by atoms with E-state index in [0.717, 1.165) is 23.3 Å². The van der Waals surface area contributed by atoms with Crippen LogP contribution in [0.1, 0.15) is 54.8 Å². The number of alkyl carbamates (subject to hydrolysis) is 1. The van der Waals surface area contributed by atoms with E-state index >= 15 is 0 Å². The van der Waals surface area contributed by atoms with Crippen molar-refractivity contribution in [3.63, 3.8) is 0 Å². The van der Waals surface area contributed by atoms with E-state index in [2.05, 4.69) is 52.7 Å². The summed E-state index contributed by atoms with van der Waals surface area (Å²) in [5.74, 6) is 7.74. The largest absolute Gasteiger partial charge is 0.497 e. The van der Waals surface area contributed by atoms with Crippen LogP contribution in [0.15, 0.2) is 54.2 Å². The topological polar surface area (TPSA) is 60.5 Å². The number of aromatic nitrogens is 1. The Bertz CT molecular complexity index is 1310. The number of methoxy groups -OCH3 is 1. The number of allylic oxidation sites excluding steroid dienone is 1. The number of benzene rings is 1. The molecule has 0 bridgehead atoms. The van der Waals surface area contributed by atoms with Gasteiger partial charge in [-0.2, -0.15) is 0 Å². The lowest BCUT2D eigenvalue weighted by atomic mass is 9.85. The summed E-state index contributed by atoms with van der Waals surface area (Å²) in [6.45, 7) is 7.79. The lowest BCUT2D eigenvalue weighted by Gasteiger charge is -2.22. The first-order valence-electron chi connectivity index (χ1n) is 12.1. The van der Waals surface area contributed by atoms with Gasteiger partial charge in [-0.1, -0.05) is 30.9 Å². The number of nitrogens with zero attached hydrogens (tertiary/aromatic N) is 1. The molecule has 4 rings (SSSR count). The number of rotatable bonds is 5. The number of nitrogens with one attached hydrogen (secondary N) is 1. The minimum atomic E-state index is -0.580. The van der Waals surface area contributed by atoms with Gasteiger partial charge in [0, 0.05) is 34.6 Å². The Morgan fingerprint density at radius 3 is 2.75 bits per heavy atom. The molecule has 1 N–H and O–H groups in total. The average molecular weight is 501 g/mol. The number of hydrogen-bond donors (Lipinski definition) is 1. The summed E-state index contributed by atoms with van der Waals surface area (Å²) >= 11 is 1.70. The first kappa shape index (κ1) is 25.5. The fourth-order valence-electron chi connectivity index (χ4n) is 4.12. The molecule has 2 atom stereocenters. The van der Waals surface area contributed by atoms with E-state index in [4.69, 9.17) is 9.47 Å². The molecule has 3 aromatic rings. The molecule has 186 valence electrons. The van der Waals surface area contributed by atoms with Crippen molar-refractivity contribution in [2.75, 3.05) is 7.11 Å². The Morgan fingerprint density at radius 1 is 1.25 bits per heavy atom. The van der Waals surface area contributed by atoms with Crippen LogP contribution in [-0.4, -0.2) is 29.8 Å². The Labute approximate surface area is 217 Å². The van der Waals surface area contributed by atoms with Crippen molar-refractivity contribution < 1.29 is 14.3 Å². The summed E-state index contributed by atoms with van der Waals surface area (Å²) in [6.07, 6.45) is 7.14. The van der Waals surface area contributed by atoms with Crippen LogP contribution < -0.4 is 10.1 Å². The second-order valence-electron chi connectivity index (χ2n) is 10.00. The second-order valence-corrected chi connectivity index (χ2v) is 10.9. The maximum absolute atomic E-state index is 12.5. The zero-order valence-electron chi connectivity index (χ0n) is 21.4. The summed E-state index contributed by atoms with van der Waals surface area (Å²) in [6, 6.07) is 11.6. The zero-order valence-corrected chi connectivity index (χ0v) is 22.2. The molecule has 2 heterocycles. The highest BCUT2D eigenvalue weighted by atomic mass is 32.1. The maximum atomic E-state index is 12.5. The quantitative estimate of drug-likeness (QED) is 0.414. The normalized spacial score (nSPS) is 15.6. The Hall–Kier alpha value is -3.56. The minimum absolute atomic E-state index is 0.399. The number of carbonyl (C=O) groups excluding carboxylic acids is 1. The van der Waals surface area contributed by atoms with Crippen molar-refractivity contribution in [2.24, 2.45) is 5.92 Å². The SMILES string of the molecule is COc1ccc(C[C@@H](C#Cc2csc(C3=Cc4ccncc4CC3C)c2)NC(=O)OC(C)(C)C)cc1. The number of carbonyl (C=O) groups is 1. The number of pyridine rings is 1. The van der Waals surface area contributed by atoms with Crippen LogP contribution in [0.3, 0.4) is 0 Å². The molecule has 1 aliphatic carbocycles. The third-order valence-corrected chi connectivity index (χ3v) is 6.85. The standard InChI is InChI=1S/C30H32N2O3S/c1-20-14-24-18-31-13-12-23(24)17-27(20)28-16-22(19-36-28)6-9-25(32-29(33)35-30(2,3)4)15-21-7-10-26(34-5)11-8-21/h7-8,10-13,16-20,25H,14-15H2,1-5H3,(H,32,33)/t20?,25-/m1/s1. The first-order chi connectivity index (χ1) is 17.2. The molecule has 0 spiro atoms. The van der Waals surface area contributed by atoms with Crippen molar-refractivity contribution >= 4 is 29.1 Å². The highest BCUT2D eigenvalue weighted by Crippen LogP contribution is 2.37. The van der Waals surface area contributed by atoms with Crippen LogP contribution >= 0.6 is 11.3 Å². The van der Waals surface area contributed by atoms with Crippen LogP contribution in [0.4, 0.5) is 4.79 Å². The van der Waals surface area contributed by atoms with E-state index < -0.39 is 17.7 Å².